The molecule has 128 valence electrons. The number of halogens is 1. The molecule has 2 aromatic carbocycles. The average molecular weight is 354 g/mol. The fourth-order valence-electron chi connectivity index (χ4n) is 2.38. The molecule has 0 unspecified atom stereocenters. The predicted octanol–water partition coefficient (Wildman–Crippen LogP) is 5.51. The summed E-state index contributed by atoms with van der Waals surface area (Å²) in [5.74, 6) is 0.885. The zero-order valence-electron chi connectivity index (χ0n) is 14.1. The lowest BCUT2D eigenvalue weighted by atomic mass is 10.2. The van der Waals surface area contributed by atoms with Crippen molar-refractivity contribution in [2.45, 2.75) is 19.8 Å². The van der Waals surface area contributed by atoms with Gasteiger partial charge in [0.15, 0.2) is 0 Å². The van der Waals surface area contributed by atoms with Crippen LogP contribution >= 0.6 is 11.6 Å². The van der Waals surface area contributed by atoms with E-state index in [2.05, 4.69) is 22.4 Å². The van der Waals surface area contributed by atoms with Gasteiger partial charge in [-0.15, -0.1) is 0 Å². The van der Waals surface area contributed by atoms with E-state index in [0.29, 0.717) is 5.02 Å². The molecule has 0 amide bonds. The highest BCUT2D eigenvalue weighted by atomic mass is 35.5. The van der Waals surface area contributed by atoms with Gasteiger partial charge in [-0.3, -0.25) is 10.4 Å². The molecule has 1 aromatic heterocycles. The lowest BCUT2D eigenvalue weighted by molar-refractivity contribution is 0.309. The van der Waals surface area contributed by atoms with Crippen molar-refractivity contribution in [2.75, 3.05) is 12.0 Å². The molecule has 1 N–H and O–H groups in total. The first kappa shape index (κ1) is 17.2. The molecule has 0 aliphatic rings. The second-order valence-corrected chi connectivity index (χ2v) is 6.10. The van der Waals surface area contributed by atoms with Crippen LogP contribution in [0.5, 0.6) is 5.75 Å². The molecule has 0 radical (unpaired) electrons. The Labute approximate surface area is 152 Å². The predicted molar refractivity (Wildman–Crippen MR) is 105 cm³/mol. The first-order chi connectivity index (χ1) is 12.3. The highest BCUT2D eigenvalue weighted by Gasteiger charge is 2.01. The minimum Gasteiger partial charge on any atom is -0.494 e. The Hall–Kier alpha value is -2.59. The van der Waals surface area contributed by atoms with Crippen LogP contribution in [0.25, 0.3) is 10.9 Å². The van der Waals surface area contributed by atoms with E-state index < -0.39 is 0 Å². The molecule has 0 aliphatic carbocycles. The molecule has 0 atom stereocenters. The van der Waals surface area contributed by atoms with Gasteiger partial charge in [-0.25, -0.2) is 0 Å². The summed E-state index contributed by atoms with van der Waals surface area (Å²) in [5, 5.41) is 5.96. The summed E-state index contributed by atoms with van der Waals surface area (Å²) in [6.45, 7) is 2.90. The molecule has 3 aromatic rings. The van der Waals surface area contributed by atoms with Gasteiger partial charge in [-0.2, -0.15) is 5.10 Å². The van der Waals surface area contributed by atoms with Crippen molar-refractivity contribution in [2.24, 2.45) is 5.10 Å². The molecule has 0 fully saturated rings. The van der Waals surface area contributed by atoms with Crippen molar-refractivity contribution < 1.29 is 4.74 Å². The Morgan fingerprint density at radius 3 is 2.80 bits per heavy atom. The van der Waals surface area contributed by atoms with Crippen LogP contribution in [0, 0.1) is 0 Å². The third kappa shape index (κ3) is 4.70. The van der Waals surface area contributed by atoms with Crippen LogP contribution < -0.4 is 10.2 Å². The van der Waals surface area contributed by atoms with E-state index in [-0.39, 0.29) is 0 Å². The van der Waals surface area contributed by atoms with E-state index in [1.807, 2.05) is 48.5 Å². The molecule has 0 bridgehead atoms. The number of pyridine rings is 1. The van der Waals surface area contributed by atoms with E-state index in [9.17, 15) is 0 Å². The number of fused-ring (bicyclic) bond motifs is 1. The Kier molecular flexibility index (Phi) is 5.86. The van der Waals surface area contributed by atoms with E-state index in [4.69, 9.17) is 16.3 Å². The lowest BCUT2D eigenvalue weighted by Gasteiger charge is -2.06. The van der Waals surface area contributed by atoms with Gasteiger partial charge >= 0.3 is 0 Å². The summed E-state index contributed by atoms with van der Waals surface area (Å²) in [5.41, 5.74) is 5.79. The number of hydrogen-bond donors (Lipinski definition) is 1. The fraction of sp³-hybridized carbons (Fsp3) is 0.200. The molecule has 25 heavy (non-hydrogen) atoms. The number of unbranched alkanes of at least 4 members (excludes halogenated alkanes) is 1. The Bertz CT molecular complexity index is 862. The molecule has 0 saturated carbocycles. The van der Waals surface area contributed by atoms with Crippen LogP contribution in [0.4, 0.5) is 5.69 Å². The normalized spacial score (nSPS) is 11.1. The van der Waals surface area contributed by atoms with Gasteiger partial charge in [0.05, 0.1) is 24.0 Å². The third-order valence-corrected chi connectivity index (χ3v) is 3.99. The van der Waals surface area contributed by atoms with E-state index >= 15 is 0 Å². The molecule has 0 aliphatic heterocycles. The Balaban J connectivity index is 1.65. The highest BCUT2D eigenvalue weighted by Crippen LogP contribution is 2.24. The summed E-state index contributed by atoms with van der Waals surface area (Å²) in [6.07, 6.45) is 5.71. The minimum atomic E-state index is 0.668. The minimum absolute atomic E-state index is 0.668. The zero-order chi connectivity index (χ0) is 17.5. The zero-order valence-corrected chi connectivity index (χ0v) is 14.8. The van der Waals surface area contributed by atoms with Crippen molar-refractivity contribution >= 4 is 34.4 Å². The SMILES string of the molecule is CCCCOc1ccc(/C=N/Nc2ccnc3cc(Cl)ccc23)cc1. The number of aromatic nitrogens is 1. The Morgan fingerprint density at radius 2 is 2.00 bits per heavy atom. The summed E-state index contributed by atoms with van der Waals surface area (Å²) in [4.78, 5) is 4.32. The van der Waals surface area contributed by atoms with E-state index in [1.54, 1.807) is 12.4 Å². The standard InChI is InChI=1S/C20H20ClN3O/c1-2-3-12-25-17-7-4-15(5-8-17)14-23-24-19-10-11-22-20-13-16(21)6-9-18(19)20/h4-11,13-14H,2-3,12H2,1H3,(H,22,24)/b23-14+. The maximum absolute atomic E-state index is 6.01. The number of ether oxygens (including phenoxy) is 1. The van der Waals surface area contributed by atoms with Crippen molar-refractivity contribution in [3.63, 3.8) is 0 Å². The average Bonchev–Trinajstić information content (AvgIpc) is 2.63. The van der Waals surface area contributed by atoms with Gasteiger partial charge in [0.25, 0.3) is 0 Å². The van der Waals surface area contributed by atoms with Crippen LogP contribution in [0.15, 0.2) is 59.8 Å². The number of benzene rings is 2. The topological polar surface area (TPSA) is 46.5 Å². The number of nitrogens with zero attached hydrogens (tertiary/aromatic N) is 2. The number of nitrogens with one attached hydrogen (secondary N) is 1. The van der Waals surface area contributed by atoms with Gasteiger partial charge in [0.2, 0.25) is 0 Å². The van der Waals surface area contributed by atoms with Crippen molar-refractivity contribution in [3.8, 4) is 5.75 Å². The third-order valence-electron chi connectivity index (χ3n) is 3.75. The highest BCUT2D eigenvalue weighted by molar-refractivity contribution is 6.31. The summed E-state index contributed by atoms with van der Waals surface area (Å²) < 4.78 is 5.66. The molecular formula is C20H20ClN3O. The van der Waals surface area contributed by atoms with Crippen molar-refractivity contribution in [1.29, 1.82) is 0 Å². The lowest BCUT2D eigenvalue weighted by Crippen LogP contribution is -1.96. The first-order valence-corrected chi connectivity index (χ1v) is 8.70. The molecule has 0 saturated heterocycles. The quantitative estimate of drug-likeness (QED) is 0.346. The molecule has 4 nitrogen and oxygen atoms in total. The fourth-order valence-corrected chi connectivity index (χ4v) is 2.55. The van der Waals surface area contributed by atoms with Gasteiger partial charge < -0.3 is 4.74 Å². The Morgan fingerprint density at radius 1 is 1.16 bits per heavy atom. The smallest absolute Gasteiger partial charge is 0.119 e. The van der Waals surface area contributed by atoms with Crippen molar-refractivity contribution in [1.82, 2.24) is 4.98 Å². The van der Waals surface area contributed by atoms with Crippen LogP contribution in [-0.2, 0) is 0 Å². The number of rotatable bonds is 7. The second kappa shape index (κ2) is 8.49. The largest absolute Gasteiger partial charge is 0.494 e. The molecule has 1 heterocycles. The number of hydrogen-bond acceptors (Lipinski definition) is 4. The van der Waals surface area contributed by atoms with Crippen LogP contribution in [0.1, 0.15) is 25.3 Å². The molecule has 5 heteroatoms. The van der Waals surface area contributed by atoms with Crippen LogP contribution in [0.3, 0.4) is 0 Å². The molecular weight excluding hydrogens is 334 g/mol. The van der Waals surface area contributed by atoms with Crippen molar-refractivity contribution in [3.05, 3.63) is 65.3 Å². The second-order valence-electron chi connectivity index (χ2n) is 5.66. The maximum Gasteiger partial charge on any atom is 0.119 e. The van der Waals surface area contributed by atoms with Gasteiger partial charge in [-0.1, -0.05) is 24.9 Å². The summed E-state index contributed by atoms with van der Waals surface area (Å²) in [6, 6.07) is 15.4. The monoisotopic (exact) mass is 353 g/mol. The van der Waals surface area contributed by atoms with Crippen LogP contribution in [0.2, 0.25) is 5.02 Å². The summed E-state index contributed by atoms with van der Waals surface area (Å²) >= 11 is 6.01. The van der Waals surface area contributed by atoms with Gasteiger partial charge in [0, 0.05) is 16.6 Å². The van der Waals surface area contributed by atoms with Crippen LogP contribution in [-0.4, -0.2) is 17.8 Å². The first-order valence-electron chi connectivity index (χ1n) is 8.32. The van der Waals surface area contributed by atoms with E-state index in [0.717, 1.165) is 47.4 Å². The maximum atomic E-state index is 6.01. The van der Waals surface area contributed by atoms with Gasteiger partial charge in [-0.05, 0) is 60.5 Å². The van der Waals surface area contributed by atoms with E-state index in [1.165, 1.54) is 0 Å². The molecule has 0 spiro atoms. The summed E-state index contributed by atoms with van der Waals surface area (Å²) in [7, 11) is 0. The van der Waals surface area contributed by atoms with Gasteiger partial charge in [0.1, 0.15) is 5.75 Å². The number of anilines is 1. The number of hydrazone groups is 1. The molecule has 3 rings (SSSR count).